The molecule has 0 aliphatic heterocycles. The molecule has 0 radical (unpaired) electrons. The molecule has 0 atom stereocenters. The van der Waals surface area contributed by atoms with E-state index in [0.29, 0.717) is 47.5 Å². The van der Waals surface area contributed by atoms with Gasteiger partial charge in [0.2, 0.25) is 11.8 Å². The first-order valence-electron chi connectivity index (χ1n) is 20.0. The second-order valence-corrected chi connectivity index (χ2v) is 13.8. The minimum Gasteiger partial charge on any atom is -0.274 e. The van der Waals surface area contributed by atoms with Crippen molar-refractivity contribution in [3.63, 3.8) is 0 Å². The van der Waals surface area contributed by atoms with Gasteiger partial charge in [0.15, 0.2) is 0 Å². The summed E-state index contributed by atoms with van der Waals surface area (Å²) in [5, 5.41) is 0. The summed E-state index contributed by atoms with van der Waals surface area (Å²) in [5.41, 5.74) is 1.20. The Labute approximate surface area is 312 Å². The van der Waals surface area contributed by atoms with Crippen LogP contribution in [0.1, 0.15) is 142 Å². The number of carbonyl (C=O) groups excluding carboxylic acids is 2. The first kappa shape index (κ1) is 40.3. The van der Waals surface area contributed by atoms with Gasteiger partial charge in [0, 0.05) is 25.2 Å². The monoisotopic (exact) mass is 704 g/mol. The Kier molecular flexibility index (Phi) is 18.5. The first-order valence-corrected chi connectivity index (χ1v) is 20.0. The average Bonchev–Trinajstić information content (AvgIpc) is 3.18. The molecule has 0 saturated heterocycles. The zero-order chi connectivity index (χ0) is 36.6. The molecule has 4 aromatic heterocycles. The molecule has 8 nitrogen and oxygen atoms in total. The van der Waals surface area contributed by atoms with Crippen molar-refractivity contribution in [2.24, 2.45) is 0 Å². The van der Waals surface area contributed by atoms with Gasteiger partial charge in [0.05, 0.1) is 11.4 Å². The zero-order valence-corrected chi connectivity index (χ0v) is 31.7. The Morgan fingerprint density at radius 1 is 0.423 bits per heavy atom. The summed E-state index contributed by atoms with van der Waals surface area (Å²) in [5.74, 6) is 2.00. The van der Waals surface area contributed by atoms with Gasteiger partial charge in [-0.1, -0.05) is 141 Å². The molecule has 4 aromatic rings. The minimum atomic E-state index is -0.0311. The van der Waals surface area contributed by atoms with Gasteiger partial charge in [-0.25, -0.2) is 29.7 Å². The lowest BCUT2D eigenvalue weighted by Gasteiger charge is -2.22. The summed E-state index contributed by atoms with van der Waals surface area (Å²) >= 11 is 0. The highest BCUT2D eigenvalue weighted by Gasteiger charge is 2.23. The number of hydrogen-bond acceptors (Lipinski definition) is 6. The number of pyridine rings is 4. The number of anilines is 4. The molecule has 0 aliphatic rings. The smallest absolute Gasteiger partial charge is 0.233 e. The third-order valence-electron chi connectivity index (χ3n) is 9.43. The normalized spacial score (nSPS) is 11.0. The number of unbranched alkanes of at least 4 members (excludes halogenated alkanes) is 16. The van der Waals surface area contributed by atoms with Crippen LogP contribution in [0.3, 0.4) is 0 Å². The Hall–Kier alpha value is -4.46. The van der Waals surface area contributed by atoms with E-state index in [4.69, 9.17) is 9.97 Å². The molecule has 0 aliphatic carbocycles. The van der Waals surface area contributed by atoms with Crippen molar-refractivity contribution in [3.05, 3.63) is 85.2 Å². The van der Waals surface area contributed by atoms with Gasteiger partial charge >= 0.3 is 0 Å². The topological polar surface area (TPSA) is 92.2 Å². The lowest BCUT2D eigenvalue weighted by molar-refractivity contribution is -0.118. The summed E-state index contributed by atoms with van der Waals surface area (Å²) in [6.45, 7) is 4.49. The Morgan fingerprint density at radius 3 is 1.12 bits per heavy atom. The highest BCUT2D eigenvalue weighted by Crippen LogP contribution is 2.29. The zero-order valence-electron chi connectivity index (χ0n) is 31.7. The van der Waals surface area contributed by atoms with Gasteiger partial charge in [0.25, 0.3) is 0 Å². The van der Waals surface area contributed by atoms with E-state index in [2.05, 4.69) is 23.8 Å². The molecule has 8 heteroatoms. The van der Waals surface area contributed by atoms with Crippen LogP contribution in [0.4, 0.5) is 23.3 Å². The van der Waals surface area contributed by atoms with Crippen molar-refractivity contribution in [1.29, 1.82) is 0 Å². The fraction of sp³-hybridized carbons (Fsp3) is 0.500. The number of amides is 2. The van der Waals surface area contributed by atoms with E-state index in [1.807, 2.05) is 72.8 Å². The first-order chi connectivity index (χ1) is 25.6. The van der Waals surface area contributed by atoms with E-state index < -0.39 is 0 Å². The second kappa shape index (κ2) is 23.9. The molecule has 0 aromatic carbocycles. The maximum atomic E-state index is 13.8. The summed E-state index contributed by atoms with van der Waals surface area (Å²) in [6, 6.07) is 22.3. The van der Waals surface area contributed by atoms with Crippen LogP contribution in [0.25, 0.3) is 11.4 Å². The third kappa shape index (κ3) is 13.6. The standard InChI is InChI=1S/C44H60N6O2/c1-3-5-7-9-11-13-15-17-19-33-43(51)49(39-29-21-23-35-45-39)41-31-25-27-37(47-41)38-28-26-32-42(48-38)50(40-30-22-24-36-46-40)44(52)34-20-18-16-14-12-10-8-6-4-2/h21-32,35-36H,3-20,33-34H2,1-2H3. The fourth-order valence-electron chi connectivity index (χ4n) is 6.50. The van der Waals surface area contributed by atoms with Gasteiger partial charge < -0.3 is 0 Å². The van der Waals surface area contributed by atoms with E-state index >= 15 is 0 Å². The maximum Gasteiger partial charge on any atom is 0.233 e. The summed E-state index contributed by atoms with van der Waals surface area (Å²) < 4.78 is 0. The van der Waals surface area contributed by atoms with Crippen molar-refractivity contribution in [3.8, 4) is 11.4 Å². The molecular weight excluding hydrogens is 645 g/mol. The predicted octanol–water partition coefficient (Wildman–Crippen LogP) is 12.1. The largest absolute Gasteiger partial charge is 0.274 e. The average molecular weight is 705 g/mol. The molecular formula is C44H60N6O2. The summed E-state index contributed by atoms with van der Waals surface area (Å²) in [7, 11) is 0. The van der Waals surface area contributed by atoms with E-state index in [0.717, 1.165) is 38.5 Å². The van der Waals surface area contributed by atoms with Gasteiger partial charge in [-0.05, 0) is 61.4 Å². The highest BCUT2D eigenvalue weighted by molar-refractivity contribution is 5.99. The summed E-state index contributed by atoms with van der Waals surface area (Å²) in [6.07, 6.45) is 25.7. The number of rotatable bonds is 25. The lowest BCUT2D eigenvalue weighted by atomic mass is 10.1. The van der Waals surface area contributed by atoms with Crippen LogP contribution in [0, 0.1) is 0 Å². The molecule has 0 saturated carbocycles. The Balaban J connectivity index is 1.45. The molecule has 52 heavy (non-hydrogen) atoms. The van der Waals surface area contributed by atoms with Gasteiger partial charge in [-0.2, -0.15) is 0 Å². The van der Waals surface area contributed by atoms with Crippen LogP contribution < -0.4 is 9.80 Å². The SMILES string of the molecule is CCCCCCCCCCCC(=O)N(c1ccccn1)c1cccc(-c2cccc(N(C(=O)CCCCCCCCCCC)c3ccccn3)n2)n1. The number of nitrogens with zero attached hydrogens (tertiary/aromatic N) is 6. The Morgan fingerprint density at radius 2 is 0.769 bits per heavy atom. The van der Waals surface area contributed by atoms with Crippen molar-refractivity contribution >= 4 is 35.1 Å². The van der Waals surface area contributed by atoms with Crippen molar-refractivity contribution in [1.82, 2.24) is 19.9 Å². The molecule has 0 spiro atoms. The molecule has 0 bridgehead atoms. The lowest BCUT2D eigenvalue weighted by Crippen LogP contribution is -2.28. The van der Waals surface area contributed by atoms with Crippen molar-refractivity contribution in [2.75, 3.05) is 9.80 Å². The molecule has 4 heterocycles. The van der Waals surface area contributed by atoms with E-state index in [-0.39, 0.29) is 11.8 Å². The van der Waals surface area contributed by atoms with Crippen molar-refractivity contribution < 1.29 is 9.59 Å². The van der Waals surface area contributed by atoms with E-state index in [9.17, 15) is 9.59 Å². The molecule has 2 amide bonds. The van der Waals surface area contributed by atoms with Crippen LogP contribution in [-0.2, 0) is 9.59 Å². The number of hydrogen-bond donors (Lipinski definition) is 0. The van der Waals surface area contributed by atoms with Crippen LogP contribution in [-0.4, -0.2) is 31.8 Å². The maximum absolute atomic E-state index is 13.8. The molecule has 278 valence electrons. The van der Waals surface area contributed by atoms with Gasteiger partial charge in [-0.3, -0.25) is 9.59 Å². The van der Waals surface area contributed by atoms with Crippen LogP contribution in [0.15, 0.2) is 85.2 Å². The molecule has 4 rings (SSSR count). The van der Waals surface area contributed by atoms with Gasteiger partial charge in [-0.15, -0.1) is 0 Å². The van der Waals surface area contributed by atoms with Crippen LogP contribution in [0.2, 0.25) is 0 Å². The van der Waals surface area contributed by atoms with E-state index in [1.165, 1.54) is 77.0 Å². The van der Waals surface area contributed by atoms with E-state index in [1.54, 1.807) is 22.2 Å². The summed E-state index contributed by atoms with van der Waals surface area (Å²) in [4.78, 5) is 49.6. The Bertz CT molecular complexity index is 1460. The van der Waals surface area contributed by atoms with Crippen LogP contribution >= 0.6 is 0 Å². The second-order valence-electron chi connectivity index (χ2n) is 13.8. The molecule has 0 N–H and O–H groups in total. The quantitative estimate of drug-likeness (QED) is 0.0638. The predicted molar refractivity (Wildman–Crippen MR) is 214 cm³/mol. The molecule has 0 unspecified atom stereocenters. The van der Waals surface area contributed by atoms with Gasteiger partial charge in [0.1, 0.15) is 23.3 Å². The minimum absolute atomic E-state index is 0.0311. The number of aromatic nitrogens is 4. The third-order valence-corrected chi connectivity index (χ3v) is 9.43. The highest BCUT2D eigenvalue weighted by atomic mass is 16.2. The van der Waals surface area contributed by atoms with Crippen molar-refractivity contribution in [2.45, 2.75) is 142 Å². The fourth-order valence-corrected chi connectivity index (χ4v) is 6.50. The molecule has 0 fully saturated rings. The van der Waals surface area contributed by atoms with Crippen LogP contribution in [0.5, 0.6) is 0 Å². The number of carbonyl (C=O) groups is 2.